The van der Waals surface area contributed by atoms with Crippen molar-refractivity contribution >= 4 is 21.3 Å². The minimum atomic E-state index is -2.61. The van der Waals surface area contributed by atoms with Gasteiger partial charge < -0.3 is 0 Å². The molecule has 21 heavy (non-hydrogen) atoms. The summed E-state index contributed by atoms with van der Waals surface area (Å²) in [6, 6.07) is 23.6. The molecule has 0 atom stereocenters. The van der Waals surface area contributed by atoms with E-state index < -0.39 is 10.5 Å². The molecular formula is C17H15NO2S. The maximum atomic E-state index is 8.67. The summed E-state index contributed by atoms with van der Waals surface area (Å²) in [4.78, 5) is 0. The molecule has 3 aromatic carbocycles. The quantitative estimate of drug-likeness (QED) is 0.721. The Morgan fingerprint density at radius 1 is 0.762 bits per heavy atom. The lowest BCUT2D eigenvalue weighted by Crippen LogP contribution is -1.84. The van der Waals surface area contributed by atoms with E-state index in [0.717, 1.165) is 0 Å². The Kier molecular flexibility index (Phi) is 4.85. The number of rotatable bonds is 1. The number of aryl methyl sites for hydroxylation is 1. The minimum absolute atomic E-state index is 1.30. The largest absolute Gasteiger partial charge is 0.308 e. The summed E-state index contributed by atoms with van der Waals surface area (Å²) in [5, 5.41) is 2.62. The summed E-state index contributed by atoms with van der Waals surface area (Å²) >= 11 is 0. The topological polar surface area (TPSA) is 58.0 Å². The van der Waals surface area contributed by atoms with Crippen LogP contribution in [0.3, 0.4) is 0 Å². The molecule has 0 aliphatic heterocycles. The van der Waals surface area contributed by atoms with Crippen LogP contribution in [0.5, 0.6) is 0 Å². The molecule has 4 heteroatoms. The van der Waals surface area contributed by atoms with Crippen molar-refractivity contribution < 1.29 is 8.42 Å². The average molecular weight is 297 g/mol. The highest BCUT2D eigenvalue weighted by molar-refractivity contribution is 7.60. The maximum Gasteiger partial charge on any atom is 0.308 e. The standard InChI is InChI=1S/C17H14.HNO2S/c1-13-7-2-4-10-15(13)17-12-6-9-14-8-3-5-11-16(14)17;1-4(2)3/h2-12H,1H3;1H. The molecule has 0 unspecified atom stereocenters. The van der Waals surface area contributed by atoms with Gasteiger partial charge in [0.15, 0.2) is 0 Å². The smallest absolute Gasteiger partial charge is 0.188 e. The second-order valence-electron chi connectivity index (χ2n) is 4.58. The first-order chi connectivity index (χ1) is 10.1. The molecule has 1 N–H and O–H groups in total. The summed E-state index contributed by atoms with van der Waals surface area (Å²) in [6.07, 6.45) is 0. The molecule has 0 aliphatic carbocycles. The van der Waals surface area contributed by atoms with E-state index in [1.807, 2.05) is 0 Å². The van der Waals surface area contributed by atoms with Crippen LogP contribution < -0.4 is 0 Å². The summed E-state index contributed by atoms with van der Waals surface area (Å²) in [5.74, 6) is 0. The molecule has 0 bridgehead atoms. The van der Waals surface area contributed by atoms with Crippen molar-refractivity contribution in [3.8, 4) is 11.1 Å². The van der Waals surface area contributed by atoms with Crippen LogP contribution >= 0.6 is 0 Å². The van der Waals surface area contributed by atoms with Crippen LogP contribution in [0.15, 0.2) is 66.7 Å². The van der Waals surface area contributed by atoms with Gasteiger partial charge in [0.25, 0.3) is 0 Å². The maximum absolute atomic E-state index is 8.67. The van der Waals surface area contributed by atoms with Crippen molar-refractivity contribution in [2.24, 2.45) is 0 Å². The monoisotopic (exact) mass is 297 g/mol. The highest BCUT2D eigenvalue weighted by Crippen LogP contribution is 2.30. The first-order valence-corrected chi connectivity index (χ1v) is 7.51. The molecule has 0 spiro atoms. The van der Waals surface area contributed by atoms with Crippen LogP contribution in [0.25, 0.3) is 21.9 Å². The van der Waals surface area contributed by atoms with E-state index in [1.165, 1.54) is 27.5 Å². The van der Waals surface area contributed by atoms with Gasteiger partial charge in [-0.1, -0.05) is 66.7 Å². The molecule has 0 radical (unpaired) electrons. The Morgan fingerprint density at radius 2 is 1.29 bits per heavy atom. The Bertz CT molecular complexity index is 859. The fourth-order valence-corrected chi connectivity index (χ4v) is 2.34. The van der Waals surface area contributed by atoms with Crippen LogP contribution in [0.1, 0.15) is 5.56 Å². The van der Waals surface area contributed by atoms with E-state index >= 15 is 0 Å². The normalized spacial score (nSPS) is 9.76. The van der Waals surface area contributed by atoms with E-state index in [0.29, 0.717) is 0 Å². The average Bonchev–Trinajstić information content (AvgIpc) is 2.47. The van der Waals surface area contributed by atoms with Gasteiger partial charge in [-0.05, 0) is 34.4 Å². The number of benzene rings is 3. The van der Waals surface area contributed by atoms with E-state index in [4.69, 9.17) is 13.2 Å². The van der Waals surface area contributed by atoms with Crippen LogP contribution in [0, 0.1) is 11.7 Å². The Hall–Kier alpha value is -2.46. The first-order valence-electron chi connectivity index (χ1n) is 6.44. The van der Waals surface area contributed by atoms with Gasteiger partial charge in [-0.25, -0.2) is 0 Å². The number of hydrogen-bond acceptors (Lipinski definition) is 3. The van der Waals surface area contributed by atoms with Gasteiger partial charge in [-0.15, -0.1) is 0 Å². The second-order valence-corrected chi connectivity index (χ2v) is 5.05. The van der Waals surface area contributed by atoms with Crippen molar-refractivity contribution in [1.29, 1.82) is 4.78 Å². The van der Waals surface area contributed by atoms with Gasteiger partial charge in [0.2, 0.25) is 0 Å². The fourth-order valence-electron chi connectivity index (χ4n) is 2.34. The predicted octanol–water partition coefficient (Wildman–Crippen LogP) is 4.44. The summed E-state index contributed by atoms with van der Waals surface area (Å²) in [6.45, 7) is 2.16. The van der Waals surface area contributed by atoms with Gasteiger partial charge >= 0.3 is 10.5 Å². The lowest BCUT2D eigenvalue weighted by Gasteiger charge is -2.09. The van der Waals surface area contributed by atoms with E-state index in [9.17, 15) is 0 Å². The molecule has 0 aromatic heterocycles. The van der Waals surface area contributed by atoms with Crippen LogP contribution in [-0.2, 0) is 10.5 Å². The molecule has 0 saturated carbocycles. The summed E-state index contributed by atoms with van der Waals surface area (Å²) in [7, 11) is -2.61. The minimum Gasteiger partial charge on any atom is -0.188 e. The zero-order valence-corrected chi connectivity index (χ0v) is 12.4. The van der Waals surface area contributed by atoms with Crippen molar-refractivity contribution in [3.63, 3.8) is 0 Å². The molecule has 3 nitrogen and oxygen atoms in total. The highest BCUT2D eigenvalue weighted by atomic mass is 32.2. The Labute approximate surface area is 125 Å². The number of hydrogen-bond donors (Lipinski definition) is 1. The van der Waals surface area contributed by atoms with Crippen molar-refractivity contribution in [1.82, 2.24) is 0 Å². The van der Waals surface area contributed by atoms with Gasteiger partial charge in [0, 0.05) is 0 Å². The van der Waals surface area contributed by atoms with Crippen LogP contribution in [0.2, 0.25) is 0 Å². The molecule has 0 fully saturated rings. The fraction of sp³-hybridized carbons (Fsp3) is 0.0588. The molecule has 0 amide bonds. The van der Waals surface area contributed by atoms with Gasteiger partial charge in [0.05, 0.1) is 0 Å². The van der Waals surface area contributed by atoms with Gasteiger partial charge in [0.1, 0.15) is 0 Å². The number of fused-ring (bicyclic) bond motifs is 1. The summed E-state index contributed by atoms with van der Waals surface area (Å²) in [5.41, 5.74) is 3.97. The van der Waals surface area contributed by atoms with Gasteiger partial charge in [-0.3, -0.25) is 0 Å². The van der Waals surface area contributed by atoms with E-state index in [-0.39, 0.29) is 0 Å². The van der Waals surface area contributed by atoms with Crippen molar-refractivity contribution in [2.75, 3.05) is 0 Å². The molecule has 3 rings (SSSR count). The van der Waals surface area contributed by atoms with Gasteiger partial charge in [-0.2, -0.15) is 13.2 Å². The van der Waals surface area contributed by atoms with Crippen molar-refractivity contribution in [2.45, 2.75) is 6.92 Å². The van der Waals surface area contributed by atoms with Crippen molar-refractivity contribution in [3.05, 3.63) is 72.3 Å². The van der Waals surface area contributed by atoms with Crippen LogP contribution in [0.4, 0.5) is 0 Å². The molecule has 0 heterocycles. The third kappa shape index (κ3) is 3.77. The molecule has 0 aliphatic rings. The second kappa shape index (κ2) is 6.81. The third-order valence-electron chi connectivity index (χ3n) is 3.22. The lowest BCUT2D eigenvalue weighted by atomic mass is 9.95. The zero-order valence-electron chi connectivity index (χ0n) is 11.6. The molecule has 3 aromatic rings. The van der Waals surface area contributed by atoms with E-state index in [1.54, 1.807) is 0 Å². The van der Waals surface area contributed by atoms with Crippen LogP contribution in [-0.4, -0.2) is 8.42 Å². The lowest BCUT2D eigenvalue weighted by molar-refractivity contribution is 0.620. The zero-order chi connectivity index (χ0) is 15.2. The predicted molar refractivity (Wildman–Crippen MR) is 85.8 cm³/mol. The van der Waals surface area contributed by atoms with E-state index in [2.05, 4.69) is 73.7 Å². The first kappa shape index (κ1) is 14.9. The third-order valence-corrected chi connectivity index (χ3v) is 3.22. The Morgan fingerprint density at radius 3 is 2.00 bits per heavy atom. The SMILES string of the molecule is Cc1ccccc1-c1cccc2ccccc12.N=S(=O)=O. The highest BCUT2D eigenvalue weighted by Gasteiger charge is 2.04. The number of nitrogens with one attached hydrogen (secondary N) is 1. The molecule has 106 valence electrons. The summed E-state index contributed by atoms with van der Waals surface area (Å²) < 4.78 is 22.8. The Balaban J connectivity index is 0.000000361. The molecular weight excluding hydrogens is 282 g/mol. The molecule has 0 saturated heterocycles.